The highest BCUT2D eigenvalue weighted by atomic mass is 32.2. The summed E-state index contributed by atoms with van der Waals surface area (Å²) in [6.07, 6.45) is 2.61. The van der Waals surface area contributed by atoms with Gasteiger partial charge in [-0.1, -0.05) is 6.92 Å². The van der Waals surface area contributed by atoms with Crippen molar-refractivity contribution >= 4 is 27.8 Å². The van der Waals surface area contributed by atoms with Gasteiger partial charge in [0.15, 0.2) is 0 Å². The molecule has 21 heavy (non-hydrogen) atoms. The number of hydrogen-bond donors (Lipinski definition) is 2. The number of sulfonamides is 1. The minimum atomic E-state index is -3.74. The predicted molar refractivity (Wildman–Crippen MR) is 80.3 cm³/mol. The molecule has 1 aliphatic rings. The van der Waals surface area contributed by atoms with Gasteiger partial charge < -0.3 is 9.52 Å². The Bertz CT molecular complexity index is 623. The first-order valence-electron chi connectivity index (χ1n) is 6.81. The number of furan rings is 1. The lowest BCUT2D eigenvalue weighted by molar-refractivity contribution is 0.0661. The lowest BCUT2D eigenvalue weighted by Gasteiger charge is -2.13. The summed E-state index contributed by atoms with van der Waals surface area (Å²) in [5.41, 5.74) is 0. The molecule has 8 heteroatoms. The van der Waals surface area contributed by atoms with E-state index in [4.69, 9.17) is 9.52 Å². The first-order chi connectivity index (χ1) is 9.83. The highest BCUT2D eigenvalue weighted by Gasteiger charge is 2.31. The van der Waals surface area contributed by atoms with E-state index in [-0.39, 0.29) is 22.5 Å². The molecule has 1 aliphatic carbocycles. The largest absolute Gasteiger partial charge is 0.475 e. The van der Waals surface area contributed by atoms with Crippen LogP contribution in [0.1, 0.15) is 42.5 Å². The molecule has 0 saturated heterocycles. The standard InChI is InChI=1S/C13H19NO5S2/c1-3-20-10-5-4-9(6-10)14-21(17,18)12-7-11(13(15)16)19-8(12)2/h7,9-10,14H,3-6H2,1-2H3,(H,15,16). The van der Waals surface area contributed by atoms with Gasteiger partial charge in [0, 0.05) is 17.4 Å². The van der Waals surface area contributed by atoms with Gasteiger partial charge in [-0.05, 0) is 31.9 Å². The number of carboxylic acids is 1. The average molecular weight is 333 g/mol. The van der Waals surface area contributed by atoms with Crippen molar-refractivity contribution in [2.45, 2.75) is 49.3 Å². The van der Waals surface area contributed by atoms with Crippen molar-refractivity contribution in [3.63, 3.8) is 0 Å². The third kappa shape index (κ3) is 3.81. The Morgan fingerprint density at radius 3 is 2.81 bits per heavy atom. The minimum Gasteiger partial charge on any atom is -0.475 e. The van der Waals surface area contributed by atoms with E-state index in [1.807, 2.05) is 11.8 Å². The molecule has 2 unspecified atom stereocenters. The van der Waals surface area contributed by atoms with Gasteiger partial charge in [-0.3, -0.25) is 0 Å². The molecule has 1 saturated carbocycles. The second-order valence-electron chi connectivity index (χ2n) is 5.04. The van der Waals surface area contributed by atoms with Crippen LogP contribution in [0.2, 0.25) is 0 Å². The normalized spacial score (nSPS) is 22.6. The Hall–Kier alpha value is -0.990. The molecule has 0 radical (unpaired) electrons. The zero-order valence-corrected chi connectivity index (χ0v) is 13.6. The van der Waals surface area contributed by atoms with Crippen LogP contribution < -0.4 is 4.72 Å². The Balaban J connectivity index is 2.11. The topological polar surface area (TPSA) is 96.6 Å². The molecule has 1 aromatic heterocycles. The molecule has 2 atom stereocenters. The Labute approximate surface area is 128 Å². The fraction of sp³-hybridized carbons (Fsp3) is 0.615. The average Bonchev–Trinajstić information content (AvgIpc) is 2.96. The zero-order chi connectivity index (χ0) is 15.6. The van der Waals surface area contributed by atoms with Gasteiger partial charge in [0.25, 0.3) is 0 Å². The van der Waals surface area contributed by atoms with Crippen molar-refractivity contribution in [2.75, 3.05) is 5.75 Å². The Kier molecular flexibility index (Phi) is 5.00. The van der Waals surface area contributed by atoms with Crippen LogP contribution in [0.5, 0.6) is 0 Å². The van der Waals surface area contributed by atoms with Crippen LogP contribution in [0.3, 0.4) is 0 Å². The Morgan fingerprint density at radius 1 is 1.52 bits per heavy atom. The van der Waals surface area contributed by atoms with Crippen molar-refractivity contribution in [3.05, 3.63) is 17.6 Å². The van der Waals surface area contributed by atoms with Crippen molar-refractivity contribution in [1.29, 1.82) is 0 Å². The van der Waals surface area contributed by atoms with Crippen LogP contribution in [0.4, 0.5) is 0 Å². The summed E-state index contributed by atoms with van der Waals surface area (Å²) < 4.78 is 32.3. The van der Waals surface area contributed by atoms with E-state index in [0.29, 0.717) is 5.25 Å². The monoisotopic (exact) mass is 333 g/mol. The third-order valence-corrected chi connectivity index (χ3v) is 6.34. The lowest BCUT2D eigenvalue weighted by Crippen LogP contribution is -2.33. The van der Waals surface area contributed by atoms with Gasteiger partial charge in [0.05, 0.1) is 0 Å². The number of carbonyl (C=O) groups is 1. The molecule has 1 fully saturated rings. The summed E-state index contributed by atoms with van der Waals surface area (Å²) in [5, 5.41) is 9.34. The maximum absolute atomic E-state index is 12.3. The number of thioether (sulfide) groups is 1. The molecule has 0 bridgehead atoms. The summed E-state index contributed by atoms with van der Waals surface area (Å²) in [5.74, 6) is -0.525. The first-order valence-corrected chi connectivity index (χ1v) is 9.34. The van der Waals surface area contributed by atoms with Gasteiger partial charge in [-0.2, -0.15) is 11.8 Å². The highest BCUT2D eigenvalue weighted by molar-refractivity contribution is 7.99. The molecule has 6 nitrogen and oxygen atoms in total. The third-order valence-electron chi connectivity index (χ3n) is 3.48. The number of aryl methyl sites for hydroxylation is 1. The van der Waals surface area contributed by atoms with Crippen LogP contribution in [0.15, 0.2) is 15.4 Å². The molecular weight excluding hydrogens is 314 g/mol. The molecule has 0 spiro atoms. The van der Waals surface area contributed by atoms with Crippen LogP contribution in [0, 0.1) is 6.92 Å². The van der Waals surface area contributed by atoms with Crippen molar-refractivity contribution in [1.82, 2.24) is 4.72 Å². The zero-order valence-electron chi connectivity index (χ0n) is 12.0. The number of rotatable bonds is 6. The first kappa shape index (κ1) is 16.4. The quantitative estimate of drug-likeness (QED) is 0.829. The maximum atomic E-state index is 12.3. The van der Waals surface area contributed by atoms with E-state index in [1.54, 1.807) is 0 Å². The minimum absolute atomic E-state index is 0.0912. The van der Waals surface area contributed by atoms with Gasteiger partial charge in [0.1, 0.15) is 10.7 Å². The fourth-order valence-corrected chi connectivity index (χ4v) is 5.16. The van der Waals surface area contributed by atoms with Crippen LogP contribution in [-0.2, 0) is 10.0 Å². The molecular formula is C13H19NO5S2. The lowest BCUT2D eigenvalue weighted by atomic mass is 10.3. The molecule has 0 aliphatic heterocycles. The molecule has 2 rings (SSSR count). The molecule has 2 N–H and O–H groups in total. The number of aromatic carboxylic acids is 1. The van der Waals surface area contributed by atoms with E-state index >= 15 is 0 Å². The summed E-state index contributed by atoms with van der Waals surface area (Å²) in [4.78, 5) is 10.7. The van der Waals surface area contributed by atoms with Crippen LogP contribution in [0.25, 0.3) is 0 Å². The van der Waals surface area contributed by atoms with Gasteiger partial charge in [-0.15, -0.1) is 0 Å². The van der Waals surface area contributed by atoms with Crippen molar-refractivity contribution < 1.29 is 22.7 Å². The van der Waals surface area contributed by atoms with Crippen molar-refractivity contribution in [3.8, 4) is 0 Å². The van der Waals surface area contributed by atoms with E-state index in [0.717, 1.165) is 31.1 Å². The fourth-order valence-electron chi connectivity index (χ4n) is 2.55. The maximum Gasteiger partial charge on any atom is 0.371 e. The predicted octanol–water partition coefficient (Wildman–Crippen LogP) is 2.24. The van der Waals surface area contributed by atoms with Gasteiger partial charge in [0.2, 0.25) is 15.8 Å². The van der Waals surface area contributed by atoms with Crippen LogP contribution in [-0.4, -0.2) is 36.5 Å². The molecule has 0 aromatic carbocycles. The second-order valence-corrected chi connectivity index (χ2v) is 8.30. The summed E-state index contributed by atoms with van der Waals surface area (Å²) in [6, 6.07) is 0.967. The summed E-state index contributed by atoms with van der Waals surface area (Å²) in [7, 11) is -3.74. The number of carboxylic acid groups (broad SMARTS) is 1. The van der Waals surface area contributed by atoms with Crippen LogP contribution >= 0.6 is 11.8 Å². The summed E-state index contributed by atoms with van der Waals surface area (Å²) >= 11 is 1.84. The summed E-state index contributed by atoms with van der Waals surface area (Å²) in [6.45, 7) is 3.54. The Morgan fingerprint density at radius 2 is 2.24 bits per heavy atom. The van der Waals surface area contributed by atoms with E-state index in [9.17, 15) is 13.2 Å². The smallest absolute Gasteiger partial charge is 0.371 e. The van der Waals surface area contributed by atoms with E-state index < -0.39 is 16.0 Å². The number of nitrogens with one attached hydrogen (secondary N) is 1. The van der Waals surface area contributed by atoms with Crippen molar-refractivity contribution in [2.24, 2.45) is 0 Å². The molecule has 118 valence electrons. The highest BCUT2D eigenvalue weighted by Crippen LogP contribution is 2.31. The van der Waals surface area contributed by atoms with E-state index in [1.165, 1.54) is 6.92 Å². The van der Waals surface area contributed by atoms with Gasteiger partial charge >= 0.3 is 5.97 Å². The molecule has 1 aromatic rings. The molecule has 1 heterocycles. The van der Waals surface area contributed by atoms with Gasteiger partial charge in [-0.25, -0.2) is 17.9 Å². The SMILES string of the molecule is CCSC1CCC(NS(=O)(=O)c2cc(C(=O)O)oc2C)C1. The number of hydrogen-bond acceptors (Lipinski definition) is 5. The molecule has 0 amide bonds. The second kappa shape index (κ2) is 6.41. The van der Waals surface area contributed by atoms with E-state index in [2.05, 4.69) is 11.6 Å².